The summed E-state index contributed by atoms with van der Waals surface area (Å²) in [7, 11) is 0. The smallest absolute Gasteiger partial charge is 0.133 e. The molecule has 1 aromatic heterocycles. The van der Waals surface area contributed by atoms with Crippen molar-refractivity contribution in [3.05, 3.63) is 47.8 Å². The zero-order valence-electron chi connectivity index (χ0n) is 12.1. The fraction of sp³-hybridized carbons (Fsp3) is 0.375. The van der Waals surface area contributed by atoms with E-state index in [2.05, 4.69) is 53.4 Å². The third-order valence-corrected chi connectivity index (χ3v) is 4.07. The molecule has 0 saturated carbocycles. The molecule has 0 amide bonds. The molecule has 0 radical (unpaired) electrons. The fourth-order valence-corrected chi connectivity index (χ4v) is 3.03. The lowest BCUT2D eigenvalue weighted by atomic mass is 10.2. The van der Waals surface area contributed by atoms with Crippen LogP contribution in [0.25, 0.3) is 0 Å². The van der Waals surface area contributed by atoms with Gasteiger partial charge >= 0.3 is 0 Å². The SMILES string of the molecule is CCCc1c(NCC)ncnc1SCc1ccccc1. The number of nitrogens with one attached hydrogen (secondary N) is 1. The lowest BCUT2D eigenvalue weighted by Gasteiger charge is -2.12. The van der Waals surface area contributed by atoms with Crippen LogP contribution in [0.1, 0.15) is 31.4 Å². The van der Waals surface area contributed by atoms with Crippen molar-refractivity contribution in [2.24, 2.45) is 0 Å². The van der Waals surface area contributed by atoms with E-state index >= 15 is 0 Å². The van der Waals surface area contributed by atoms with E-state index in [4.69, 9.17) is 0 Å². The zero-order valence-corrected chi connectivity index (χ0v) is 12.9. The second-order valence-electron chi connectivity index (χ2n) is 4.56. The predicted molar refractivity (Wildman–Crippen MR) is 86.2 cm³/mol. The Morgan fingerprint density at radius 3 is 2.60 bits per heavy atom. The lowest BCUT2D eigenvalue weighted by molar-refractivity contribution is 0.855. The van der Waals surface area contributed by atoms with Gasteiger partial charge in [-0.15, -0.1) is 11.8 Å². The summed E-state index contributed by atoms with van der Waals surface area (Å²) in [4.78, 5) is 8.83. The van der Waals surface area contributed by atoms with Crippen molar-refractivity contribution in [2.75, 3.05) is 11.9 Å². The Hall–Kier alpha value is -1.55. The first kappa shape index (κ1) is 14.9. The number of anilines is 1. The number of benzene rings is 1. The maximum atomic E-state index is 4.47. The summed E-state index contributed by atoms with van der Waals surface area (Å²) in [5, 5.41) is 4.43. The van der Waals surface area contributed by atoms with E-state index in [1.165, 1.54) is 11.1 Å². The van der Waals surface area contributed by atoms with Crippen LogP contribution in [-0.2, 0) is 12.2 Å². The normalized spacial score (nSPS) is 10.5. The van der Waals surface area contributed by atoms with Crippen LogP contribution in [-0.4, -0.2) is 16.5 Å². The molecule has 0 aliphatic rings. The molecule has 0 aliphatic heterocycles. The molecule has 1 heterocycles. The first-order valence-electron chi connectivity index (χ1n) is 7.09. The number of aromatic nitrogens is 2. The van der Waals surface area contributed by atoms with E-state index in [1.807, 2.05) is 6.07 Å². The van der Waals surface area contributed by atoms with Gasteiger partial charge in [0.25, 0.3) is 0 Å². The first-order valence-corrected chi connectivity index (χ1v) is 8.08. The average Bonchev–Trinajstić information content (AvgIpc) is 2.49. The van der Waals surface area contributed by atoms with Crippen LogP contribution < -0.4 is 5.32 Å². The molecule has 0 saturated heterocycles. The molecule has 2 aromatic rings. The van der Waals surface area contributed by atoms with Crippen molar-refractivity contribution in [1.82, 2.24) is 9.97 Å². The van der Waals surface area contributed by atoms with E-state index in [9.17, 15) is 0 Å². The van der Waals surface area contributed by atoms with Gasteiger partial charge in [-0.3, -0.25) is 0 Å². The van der Waals surface area contributed by atoms with E-state index in [-0.39, 0.29) is 0 Å². The molecule has 0 unspecified atom stereocenters. The molecule has 20 heavy (non-hydrogen) atoms. The van der Waals surface area contributed by atoms with Gasteiger partial charge in [0, 0.05) is 17.9 Å². The van der Waals surface area contributed by atoms with Crippen LogP contribution >= 0.6 is 11.8 Å². The number of rotatable bonds is 7. The second-order valence-corrected chi connectivity index (χ2v) is 5.52. The molecule has 2 rings (SSSR count). The Morgan fingerprint density at radius 1 is 1.10 bits per heavy atom. The summed E-state index contributed by atoms with van der Waals surface area (Å²) < 4.78 is 0. The molecular formula is C16H21N3S. The first-order chi connectivity index (χ1) is 9.85. The largest absolute Gasteiger partial charge is 0.370 e. The van der Waals surface area contributed by atoms with Crippen LogP contribution in [0, 0.1) is 0 Å². The van der Waals surface area contributed by atoms with E-state index < -0.39 is 0 Å². The highest BCUT2D eigenvalue weighted by atomic mass is 32.2. The quantitative estimate of drug-likeness (QED) is 0.613. The van der Waals surface area contributed by atoms with Crippen LogP contribution in [0.5, 0.6) is 0 Å². The van der Waals surface area contributed by atoms with Crippen LogP contribution in [0.3, 0.4) is 0 Å². The van der Waals surface area contributed by atoms with E-state index in [0.29, 0.717) is 0 Å². The van der Waals surface area contributed by atoms with Crippen molar-refractivity contribution in [2.45, 2.75) is 37.5 Å². The monoisotopic (exact) mass is 287 g/mol. The average molecular weight is 287 g/mol. The molecule has 0 bridgehead atoms. The highest BCUT2D eigenvalue weighted by Crippen LogP contribution is 2.28. The Balaban J connectivity index is 2.15. The summed E-state index contributed by atoms with van der Waals surface area (Å²) in [5.41, 5.74) is 2.57. The molecule has 106 valence electrons. The second kappa shape index (κ2) is 7.90. The van der Waals surface area contributed by atoms with Crippen molar-refractivity contribution < 1.29 is 0 Å². The van der Waals surface area contributed by atoms with Crippen molar-refractivity contribution in [3.63, 3.8) is 0 Å². The predicted octanol–water partition coefficient (Wildman–Crippen LogP) is 4.15. The Kier molecular flexibility index (Phi) is 5.87. The molecule has 3 nitrogen and oxygen atoms in total. The Bertz CT molecular complexity index is 529. The molecule has 4 heteroatoms. The lowest BCUT2D eigenvalue weighted by Crippen LogP contribution is -2.06. The van der Waals surface area contributed by atoms with Gasteiger partial charge in [0.05, 0.1) is 0 Å². The van der Waals surface area contributed by atoms with Gasteiger partial charge < -0.3 is 5.32 Å². The van der Waals surface area contributed by atoms with Gasteiger partial charge in [0.1, 0.15) is 17.2 Å². The van der Waals surface area contributed by atoms with Gasteiger partial charge in [0.2, 0.25) is 0 Å². The summed E-state index contributed by atoms with van der Waals surface area (Å²) in [6.07, 6.45) is 3.77. The molecule has 0 spiro atoms. The Morgan fingerprint density at radius 2 is 1.90 bits per heavy atom. The maximum Gasteiger partial charge on any atom is 0.133 e. The summed E-state index contributed by atoms with van der Waals surface area (Å²) >= 11 is 1.79. The van der Waals surface area contributed by atoms with Crippen molar-refractivity contribution in [3.8, 4) is 0 Å². The van der Waals surface area contributed by atoms with Gasteiger partial charge in [-0.1, -0.05) is 43.7 Å². The third kappa shape index (κ3) is 3.97. The standard InChI is InChI=1S/C16H21N3S/c1-3-8-14-15(17-4-2)18-12-19-16(14)20-11-13-9-6-5-7-10-13/h5-7,9-10,12H,3-4,8,11H2,1-2H3,(H,17,18,19). The summed E-state index contributed by atoms with van der Waals surface area (Å²) in [6, 6.07) is 10.5. The van der Waals surface area contributed by atoms with E-state index in [1.54, 1.807) is 18.1 Å². The third-order valence-electron chi connectivity index (χ3n) is 2.97. The number of nitrogens with zero attached hydrogens (tertiary/aromatic N) is 2. The minimum atomic E-state index is 0.885. The fourth-order valence-electron chi connectivity index (χ4n) is 2.04. The van der Waals surface area contributed by atoms with Crippen LogP contribution in [0.2, 0.25) is 0 Å². The van der Waals surface area contributed by atoms with Crippen LogP contribution in [0.15, 0.2) is 41.7 Å². The van der Waals surface area contributed by atoms with Crippen molar-refractivity contribution >= 4 is 17.6 Å². The number of thioether (sulfide) groups is 1. The molecule has 1 N–H and O–H groups in total. The van der Waals surface area contributed by atoms with Gasteiger partial charge in [0.15, 0.2) is 0 Å². The molecule has 0 aliphatic carbocycles. The molecule has 0 atom stereocenters. The van der Waals surface area contributed by atoms with Gasteiger partial charge in [-0.25, -0.2) is 9.97 Å². The molecule has 1 aromatic carbocycles. The van der Waals surface area contributed by atoms with Crippen LogP contribution in [0.4, 0.5) is 5.82 Å². The topological polar surface area (TPSA) is 37.8 Å². The minimum Gasteiger partial charge on any atom is -0.370 e. The highest BCUT2D eigenvalue weighted by Gasteiger charge is 2.10. The van der Waals surface area contributed by atoms with Crippen molar-refractivity contribution in [1.29, 1.82) is 0 Å². The highest BCUT2D eigenvalue weighted by molar-refractivity contribution is 7.98. The minimum absolute atomic E-state index is 0.885. The van der Waals surface area contributed by atoms with Gasteiger partial charge in [-0.05, 0) is 18.9 Å². The summed E-state index contributed by atoms with van der Waals surface area (Å²) in [5.74, 6) is 1.93. The number of hydrogen-bond acceptors (Lipinski definition) is 4. The molecular weight excluding hydrogens is 266 g/mol. The number of hydrogen-bond donors (Lipinski definition) is 1. The van der Waals surface area contributed by atoms with E-state index in [0.717, 1.165) is 36.0 Å². The maximum absolute atomic E-state index is 4.47. The summed E-state index contributed by atoms with van der Waals surface area (Å²) in [6.45, 7) is 5.17. The van der Waals surface area contributed by atoms with Gasteiger partial charge in [-0.2, -0.15) is 0 Å². The molecule has 0 fully saturated rings. The zero-order chi connectivity index (χ0) is 14.2. The Labute approximate surface area is 125 Å².